The highest BCUT2D eigenvalue weighted by atomic mass is 16.6. The van der Waals surface area contributed by atoms with Crippen molar-refractivity contribution in [1.82, 2.24) is 5.32 Å². The quantitative estimate of drug-likeness (QED) is 0.758. The Balaban J connectivity index is 2.36. The second-order valence-corrected chi connectivity index (χ2v) is 5.07. The Bertz CT molecular complexity index is 293. The van der Waals surface area contributed by atoms with Crippen molar-refractivity contribution in [2.24, 2.45) is 0 Å². The van der Waals surface area contributed by atoms with Crippen LogP contribution < -0.4 is 5.32 Å². The van der Waals surface area contributed by atoms with Gasteiger partial charge in [-0.05, 0) is 33.6 Å². The molecule has 6 nitrogen and oxygen atoms in total. The van der Waals surface area contributed by atoms with Crippen LogP contribution in [0.5, 0.6) is 0 Å². The van der Waals surface area contributed by atoms with Crippen molar-refractivity contribution in [3.63, 3.8) is 0 Å². The Kier molecular flexibility index (Phi) is 4.34. The third-order valence-electron chi connectivity index (χ3n) is 2.01. The fourth-order valence-electron chi connectivity index (χ4n) is 1.09. The lowest BCUT2D eigenvalue weighted by Gasteiger charge is -2.21. The fraction of sp³-hybridized carbons (Fsp3) is 0.818. The standard InChI is InChI=1S/C11H19NO5/c1-11(2,3)17-10(15)12-8(9(13)14)6-16-7-4-5-7/h7-8H,4-6H2,1-3H3,(H,12,15)(H,13,14)/t8-/m0/s1. The summed E-state index contributed by atoms with van der Waals surface area (Å²) in [4.78, 5) is 22.3. The van der Waals surface area contributed by atoms with Gasteiger partial charge in [0, 0.05) is 0 Å². The second kappa shape index (κ2) is 5.35. The van der Waals surface area contributed by atoms with Gasteiger partial charge in [-0.2, -0.15) is 0 Å². The fourth-order valence-corrected chi connectivity index (χ4v) is 1.09. The number of carbonyl (C=O) groups excluding carboxylic acids is 1. The van der Waals surface area contributed by atoms with Crippen molar-refractivity contribution in [3.8, 4) is 0 Å². The first-order chi connectivity index (χ1) is 7.78. The maximum atomic E-state index is 11.4. The van der Waals surface area contributed by atoms with Gasteiger partial charge in [-0.3, -0.25) is 0 Å². The van der Waals surface area contributed by atoms with E-state index in [0.717, 1.165) is 12.8 Å². The highest BCUT2D eigenvalue weighted by Crippen LogP contribution is 2.23. The number of amides is 1. The molecule has 0 unspecified atom stereocenters. The lowest BCUT2D eigenvalue weighted by Crippen LogP contribution is -2.46. The number of carboxylic acid groups (broad SMARTS) is 1. The molecular formula is C11H19NO5. The van der Waals surface area contributed by atoms with Gasteiger partial charge in [0.15, 0.2) is 6.04 Å². The SMILES string of the molecule is CC(C)(C)OC(=O)N[C@@H](COC1CC1)C(=O)O. The van der Waals surface area contributed by atoms with E-state index in [1.165, 1.54) is 0 Å². The zero-order valence-corrected chi connectivity index (χ0v) is 10.4. The van der Waals surface area contributed by atoms with Crippen LogP contribution in [0.25, 0.3) is 0 Å². The molecule has 0 aromatic carbocycles. The van der Waals surface area contributed by atoms with E-state index in [-0.39, 0.29) is 12.7 Å². The van der Waals surface area contributed by atoms with E-state index in [0.29, 0.717) is 0 Å². The van der Waals surface area contributed by atoms with Crippen molar-refractivity contribution < 1.29 is 24.2 Å². The number of alkyl carbamates (subject to hydrolysis) is 1. The molecule has 0 aromatic heterocycles. The van der Waals surface area contributed by atoms with E-state index < -0.39 is 23.7 Å². The largest absolute Gasteiger partial charge is 0.480 e. The number of rotatable bonds is 5. The van der Waals surface area contributed by atoms with E-state index >= 15 is 0 Å². The summed E-state index contributed by atoms with van der Waals surface area (Å²) in [7, 11) is 0. The zero-order chi connectivity index (χ0) is 13.1. The van der Waals surface area contributed by atoms with Crippen LogP contribution in [0.1, 0.15) is 33.6 Å². The van der Waals surface area contributed by atoms with Crippen molar-refractivity contribution >= 4 is 12.1 Å². The van der Waals surface area contributed by atoms with Crippen LogP contribution in [-0.2, 0) is 14.3 Å². The highest BCUT2D eigenvalue weighted by Gasteiger charge is 2.28. The zero-order valence-electron chi connectivity index (χ0n) is 10.4. The molecule has 6 heteroatoms. The number of aliphatic carboxylic acids is 1. The first-order valence-corrected chi connectivity index (χ1v) is 5.62. The Morgan fingerprint density at radius 2 is 2.00 bits per heavy atom. The monoisotopic (exact) mass is 245 g/mol. The maximum Gasteiger partial charge on any atom is 0.408 e. The van der Waals surface area contributed by atoms with E-state index in [1.54, 1.807) is 20.8 Å². The molecule has 0 spiro atoms. The topological polar surface area (TPSA) is 84.9 Å². The molecule has 1 rings (SSSR count). The highest BCUT2D eigenvalue weighted by molar-refractivity contribution is 5.80. The predicted octanol–water partition coefficient (Wildman–Crippen LogP) is 1.14. The minimum absolute atomic E-state index is 0.0285. The lowest BCUT2D eigenvalue weighted by molar-refractivity contribution is -0.141. The molecule has 0 heterocycles. The summed E-state index contributed by atoms with van der Waals surface area (Å²) in [5.41, 5.74) is -0.648. The number of nitrogens with one attached hydrogen (secondary N) is 1. The lowest BCUT2D eigenvalue weighted by atomic mass is 10.2. The molecule has 0 bridgehead atoms. The molecule has 0 aromatic rings. The number of ether oxygens (including phenoxy) is 2. The first kappa shape index (κ1) is 13.8. The van der Waals surface area contributed by atoms with Crippen LogP contribution in [0.3, 0.4) is 0 Å². The molecule has 0 saturated heterocycles. The average Bonchev–Trinajstić information content (AvgIpc) is 2.91. The normalized spacial score (nSPS) is 17.4. The Hall–Kier alpha value is -1.30. The van der Waals surface area contributed by atoms with E-state index in [2.05, 4.69) is 5.32 Å². The Morgan fingerprint density at radius 3 is 2.41 bits per heavy atom. The van der Waals surface area contributed by atoms with Crippen LogP contribution in [0.15, 0.2) is 0 Å². The third-order valence-corrected chi connectivity index (χ3v) is 2.01. The Morgan fingerprint density at radius 1 is 1.41 bits per heavy atom. The molecule has 1 fully saturated rings. The molecule has 1 amide bonds. The summed E-state index contributed by atoms with van der Waals surface area (Å²) in [6.07, 6.45) is 1.32. The third kappa shape index (κ3) is 6.11. The first-order valence-electron chi connectivity index (χ1n) is 5.62. The van der Waals surface area contributed by atoms with Gasteiger partial charge in [0.2, 0.25) is 0 Å². The van der Waals surface area contributed by atoms with E-state index in [9.17, 15) is 9.59 Å². The summed E-state index contributed by atoms with van der Waals surface area (Å²) < 4.78 is 10.2. The summed E-state index contributed by atoms with van der Waals surface area (Å²) in [5, 5.41) is 11.2. The van der Waals surface area contributed by atoms with Crippen LogP contribution >= 0.6 is 0 Å². The molecule has 98 valence electrons. The van der Waals surface area contributed by atoms with Gasteiger partial charge >= 0.3 is 12.1 Å². The van der Waals surface area contributed by atoms with E-state index in [1.807, 2.05) is 0 Å². The van der Waals surface area contributed by atoms with Crippen LogP contribution in [0.2, 0.25) is 0 Å². The summed E-state index contributed by atoms with van der Waals surface area (Å²) in [6.45, 7) is 5.11. The molecule has 2 N–H and O–H groups in total. The average molecular weight is 245 g/mol. The number of carboxylic acids is 1. The van der Waals surface area contributed by atoms with Gasteiger partial charge in [0.05, 0.1) is 12.7 Å². The van der Waals surface area contributed by atoms with E-state index in [4.69, 9.17) is 14.6 Å². The second-order valence-electron chi connectivity index (χ2n) is 5.07. The van der Waals surface area contributed by atoms with Crippen LogP contribution in [-0.4, -0.2) is 41.5 Å². The summed E-state index contributed by atoms with van der Waals surface area (Å²) in [5.74, 6) is -1.13. The molecular weight excluding hydrogens is 226 g/mol. The minimum atomic E-state index is -1.13. The van der Waals surface area contributed by atoms with Gasteiger partial charge in [0.1, 0.15) is 5.60 Å². The molecule has 1 aliphatic carbocycles. The molecule has 17 heavy (non-hydrogen) atoms. The van der Waals surface area contributed by atoms with Gasteiger partial charge < -0.3 is 19.9 Å². The smallest absolute Gasteiger partial charge is 0.408 e. The summed E-state index contributed by atoms with van der Waals surface area (Å²) >= 11 is 0. The Labute approximate surface area is 100 Å². The minimum Gasteiger partial charge on any atom is -0.480 e. The van der Waals surface area contributed by atoms with Gasteiger partial charge in [-0.15, -0.1) is 0 Å². The van der Waals surface area contributed by atoms with Gasteiger partial charge in [-0.1, -0.05) is 0 Å². The number of hydrogen-bond donors (Lipinski definition) is 2. The van der Waals surface area contributed by atoms with Crippen molar-refractivity contribution in [2.75, 3.05) is 6.61 Å². The molecule has 0 aliphatic heterocycles. The molecule has 1 atom stereocenters. The van der Waals surface area contributed by atoms with Crippen molar-refractivity contribution in [3.05, 3.63) is 0 Å². The van der Waals surface area contributed by atoms with Crippen molar-refractivity contribution in [1.29, 1.82) is 0 Å². The maximum absolute atomic E-state index is 11.4. The molecule has 1 saturated carbocycles. The van der Waals surface area contributed by atoms with Gasteiger partial charge in [-0.25, -0.2) is 9.59 Å². The number of hydrogen-bond acceptors (Lipinski definition) is 4. The predicted molar refractivity (Wildman–Crippen MR) is 59.8 cm³/mol. The van der Waals surface area contributed by atoms with Crippen LogP contribution in [0, 0.1) is 0 Å². The molecule has 1 aliphatic rings. The van der Waals surface area contributed by atoms with Crippen molar-refractivity contribution in [2.45, 2.75) is 51.4 Å². The number of carbonyl (C=O) groups is 2. The molecule has 0 radical (unpaired) electrons. The van der Waals surface area contributed by atoms with Crippen LogP contribution in [0.4, 0.5) is 4.79 Å². The summed E-state index contributed by atoms with van der Waals surface area (Å²) in [6, 6.07) is -1.06. The van der Waals surface area contributed by atoms with Gasteiger partial charge in [0.25, 0.3) is 0 Å².